The topological polar surface area (TPSA) is 140 Å². The van der Waals surface area contributed by atoms with Crippen molar-refractivity contribution >= 4 is 19.8 Å². The Labute approximate surface area is 311 Å². The van der Waals surface area contributed by atoms with Crippen molar-refractivity contribution in [2.24, 2.45) is 5.92 Å². The first-order chi connectivity index (χ1) is 24.5. The summed E-state index contributed by atoms with van der Waals surface area (Å²) in [4.78, 5) is 42.8. The lowest BCUT2D eigenvalue weighted by atomic mass is 10.0. The van der Waals surface area contributed by atoms with E-state index in [1.54, 1.807) is 6.08 Å². The van der Waals surface area contributed by atoms with Gasteiger partial charge in [-0.3, -0.25) is 14.1 Å². The van der Waals surface area contributed by atoms with Crippen LogP contribution in [0, 0.1) is 5.92 Å². The number of carbonyl (C=O) groups excluding carboxylic acids is 2. The van der Waals surface area contributed by atoms with Gasteiger partial charge in [-0.15, -0.1) is 0 Å². The van der Waals surface area contributed by atoms with Crippen molar-refractivity contribution in [3.05, 3.63) is 36.5 Å². The van der Waals surface area contributed by atoms with Crippen LogP contribution in [0.2, 0.25) is 0 Å². The maximum atomic E-state index is 12.4. The monoisotopic (exact) mass is 743 g/mol. The Morgan fingerprint density at radius 3 is 1.63 bits per heavy atom. The van der Waals surface area contributed by atoms with Crippen LogP contribution >= 0.6 is 7.82 Å². The molecule has 0 saturated heterocycles. The van der Waals surface area contributed by atoms with E-state index in [4.69, 9.17) is 19.3 Å². The number of phosphoric ester groups is 1. The largest absolute Gasteiger partial charge is 0.469 e. The highest BCUT2D eigenvalue weighted by Crippen LogP contribution is 2.36. The quantitative estimate of drug-likeness (QED) is 0.0188. The van der Waals surface area contributed by atoms with Crippen LogP contribution in [-0.2, 0) is 28.2 Å². The van der Waals surface area contributed by atoms with Gasteiger partial charge in [0, 0.05) is 12.8 Å². The molecule has 3 N–H and O–H groups in total. The number of phosphoric acid groups is 1. The lowest BCUT2D eigenvalue weighted by Gasteiger charge is -2.18. The summed E-state index contributed by atoms with van der Waals surface area (Å²) in [5.74, 6) is -0.131. The molecule has 2 atom stereocenters. The first-order valence-corrected chi connectivity index (χ1v) is 21.8. The van der Waals surface area contributed by atoms with Gasteiger partial charge in [-0.05, 0) is 38.0 Å². The maximum Gasteiger partial charge on any atom is 0.469 e. The van der Waals surface area contributed by atoms with Gasteiger partial charge in [-0.25, -0.2) is 4.57 Å². The molecule has 0 fully saturated rings. The van der Waals surface area contributed by atoms with Gasteiger partial charge in [0.05, 0.1) is 12.7 Å². The smallest absolute Gasteiger partial charge is 0.462 e. The second kappa shape index (κ2) is 35.3. The van der Waals surface area contributed by atoms with Crippen LogP contribution in [-0.4, -0.2) is 52.3 Å². The molecule has 9 nitrogen and oxygen atoms in total. The molecular weight excluding hydrogens is 667 g/mol. The van der Waals surface area contributed by atoms with Crippen molar-refractivity contribution in [3.63, 3.8) is 0 Å². The Kier molecular flexibility index (Phi) is 34.0. The molecule has 0 heterocycles. The van der Waals surface area contributed by atoms with E-state index in [0.717, 1.165) is 57.3 Å². The molecule has 0 radical (unpaired) electrons. The summed E-state index contributed by atoms with van der Waals surface area (Å²) in [6, 6.07) is 0. The summed E-state index contributed by atoms with van der Waals surface area (Å²) in [5, 5.41) is 10.1. The van der Waals surface area contributed by atoms with E-state index in [-0.39, 0.29) is 19.4 Å². The van der Waals surface area contributed by atoms with Crippen LogP contribution in [0.1, 0.15) is 181 Å². The number of aliphatic hydroxyl groups excluding tert-OH is 1. The Balaban J connectivity index is 4.00. The van der Waals surface area contributed by atoms with Crippen molar-refractivity contribution in [1.82, 2.24) is 0 Å². The molecule has 298 valence electrons. The van der Waals surface area contributed by atoms with Crippen LogP contribution in [0.3, 0.4) is 0 Å². The van der Waals surface area contributed by atoms with Crippen LogP contribution in [0.4, 0.5) is 0 Å². The van der Waals surface area contributed by atoms with E-state index in [2.05, 4.69) is 37.4 Å². The van der Waals surface area contributed by atoms with Crippen molar-refractivity contribution < 1.29 is 43.0 Å². The summed E-state index contributed by atoms with van der Waals surface area (Å²) < 4.78 is 26.3. The van der Waals surface area contributed by atoms with Crippen LogP contribution in [0.5, 0.6) is 0 Å². The molecule has 1 unspecified atom stereocenters. The maximum absolute atomic E-state index is 12.4. The number of rotatable bonds is 36. The van der Waals surface area contributed by atoms with Gasteiger partial charge < -0.3 is 24.4 Å². The van der Waals surface area contributed by atoms with E-state index in [1.165, 1.54) is 77.0 Å². The van der Waals surface area contributed by atoms with E-state index < -0.39 is 38.6 Å². The minimum atomic E-state index is -4.78. The van der Waals surface area contributed by atoms with Crippen molar-refractivity contribution in [3.8, 4) is 0 Å². The molecule has 0 aromatic rings. The van der Waals surface area contributed by atoms with E-state index >= 15 is 0 Å². The normalized spacial score (nSPS) is 13.5. The third-order valence-electron chi connectivity index (χ3n) is 8.71. The SMILES string of the molecule is CC/C=C/C/C=C/C=C/C(O)CCCCCCCC(=O)O[C@H](COC(=O)CCCCCCCCCCCCCCCCC(C)C)COP(=O)(O)O. The van der Waals surface area contributed by atoms with E-state index in [1.807, 2.05) is 18.2 Å². The molecule has 0 aliphatic rings. The second-order valence-electron chi connectivity index (χ2n) is 14.3. The molecule has 0 aliphatic heterocycles. The standard InChI is InChI=1S/C41H75O9P/c1-4-5-6-7-16-21-26-31-38(42)32-27-22-19-24-29-34-41(44)50-39(36-49-51(45,46)47)35-48-40(43)33-28-23-18-15-13-11-9-8-10-12-14-17-20-25-30-37(2)3/h5-6,16,21,26,31,37-39,42H,4,7-15,17-20,22-25,27-30,32-36H2,1-3H3,(H2,45,46,47)/b6-5+,21-16+,31-26+/t38?,39-/m1/s1. The average Bonchev–Trinajstić information content (AvgIpc) is 3.07. The molecule has 0 rings (SSSR count). The fraction of sp³-hybridized carbons (Fsp3) is 0.805. The molecule has 0 saturated carbocycles. The third-order valence-corrected chi connectivity index (χ3v) is 9.19. The van der Waals surface area contributed by atoms with Crippen molar-refractivity contribution in [1.29, 1.82) is 0 Å². The summed E-state index contributed by atoms with van der Waals surface area (Å²) >= 11 is 0. The highest BCUT2D eigenvalue weighted by molar-refractivity contribution is 7.46. The van der Waals surface area contributed by atoms with E-state index in [0.29, 0.717) is 19.3 Å². The molecule has 51 heavy (non-hydrogen) atoms. The number of ether oxygens (including phenoxy) is 2. The van der Waals surface area contributed by atoms with Gasteiger partial charge in [-0.1, -0.05) is 173 Å². The number of carbonyl (C=O) groups is 2. The average molecular weight is 743 g/mol. The molecule has 0 amide bonds. The number of aliphatic hydroxyl groups is 1. The van der Waals surface area contributed by atoms with Gasteiger partial charge in [0.2, 0.25) is 0 Å². The molecule has 0 aromatic carbocycles. The number of hydrogen-bond donors (Lipinski definition) is 3. The first kappa shape index (κ1) is 49.2. The number of hydrogen-bond acceptors (Lipinski definition) is 7. The first-order valence-electron chi connectivity index (χ1n) is 20.2. The molecule has 0 aromatic heterocycles. The fourth-order valence-corrected chi connectivity index (χ4v) is 6.04. The zero-order chi connectivity index (χ0) is 37.8. The van der Waals surface area contributed by atoms with Crippen molar-refractivity contribution in [2.45, 2.75) is 193 Å². The Morgan fingerprint density at radius 2 is 1.12 bits per heavy atom. The van der Waals surface area contributed by atoms with Gasteiger partial charge in [0.15, 0.2) is 6.10 Å². The highest BCUT2D eigenvalue weighted by Gasteiger charge is 2.23. The van der Waals surface area contributed by atoms with Crippen LogP contribution in [0.15, 0.2) is 36.5 Å². The fourth-order valence-electron chi connectivity index (χ4n) is 5.68. The predicted molar refractivity (Wildman–Crippen MR) is 208 cm³/mol. The number of allylic oxidation sites excluding steroid dienone is 5. The van der Waals surface area contributed by atoms with E-state index in [9.17, 15) is 19.3 Å². The number of esters is 2. The van der Waals surface area contributed by atoms with Gasteiger partial charge in [-0.2, -0.15) is 0 Å². The zero-order valence-electron chi connectivity index (χ0n) is 32.5. The van der Waals surface area contributed by atoms with Gasteiger partial charge in [0.25, 0.3) is 0 Å². The van der Waals surface area contributed by atoms with Crippen LogP contribution in [0.25, 0.3) is 0 Å². The third kappa shape index (κ3) is 39.3. The Bertz CT molecular complexity index is 957. The molecular formula is C41H75O9P. The highest BCUT2D eigenvalue weighted by atomic mass is 31.2. The summed E-state index contributed by atoms with van der Waals surface area (Å²) in [6.45, 7) is 5.81. The minimum absolute atomic E-state index is 0.143. The van der Waals surface area contributed by atoms with Gasteiger partial charge >= 0.3 is 19.8 Å². The minimum Gasteiger partial charge on any atom is -0.462 e. The van der Waals surface area contributed by atoms with Crippen molar-refractivity contribution in [2.75, 3.05) is 13.2 Å². The number of unbranched alkanes of at least 4 members (excludes halogenated alkanes) is 17. The lowest BCUT2D eigenvalue weighted by molar-refractivity contribution is -0.161. The van der Waals surface area contributed by atoms with Crippen LogP contribution < -0.4 is 0 Å². The summed E-state index contributed by atoms with van der Waals surface area (Å²) in [6.07, 6.45) is 36.0. The Morgan fingerprint density at radius 1 is 0.627 bits per heavy atom. The molecule has 0 aliphatic carbocycles. The van der Waals surface area contributed by atoms with Gasteiger partial charge in [0.1, 0.15) is 6.61 Å². The molecule has 0 bridgehead atoms. The lowest BCUT2D eigenvalue weighted by Crippen LogP contribution is -2.29. The second-order valence-corrected chi connectivity index (χ2v) is 15.5. The molecule has 0 spiro atoms. The predicted octanol–water partition coefficient (Wildman–Crippen LogP) is 11.0. The zero-order valence-corrected chi connectivity index (χ0v) is 33.4. The Hall–Kier alpha value is -1.77. The molecule has 10 heteroatoms. The summed E-state index contributed by atoms with van der Waals surface area (Å²) in [7, 11) is -4.78. The summed E-state index contributed by atoms with van der Waals surface area (Å²) in [5.41, 5.74) is 0.